The summed E-state index contributed by atoms with van der Waals surface area (Å²) in [5.74, 6) is 0.271. The van der Waals surface area contributed by atoms with Crippen LogP contribution in [0.1, 0.15) is 58.8 Å². The van der Waals surface area contributed by atoms with E-state index < -0.39 is 0 Å². The standard InChI is InChI=1S/C26H34FN3O2/c1-25(2)15-18(16-26(3,4)29-25)13-24(31)30-11-12-32-23(17-30)22-10-6-9-21(28-22)19-7-5-8-20(27)14-19/h5-10,14,18,23,29H,11-13,15-17H2,1-4H3/t23-/m1/s1. The van der Waals surface area contributed by atoms with Crippen molar-refractivity contribution in [3.8, 4) is 11.3 Å². The molecule has 2 aromatic rings. The molecule has 4 rings (SSSR count). The molecule has 1 aromatic carbocycles. The van der Waals surface area contributed by atoms with Crippen LogP contribution in [0, 0.1) is 11.7 Å². The normalized spacial score (nSPS) is 23.2. The maximum Gasteiger partial charge on any atom is 0.223 e. The Balaban J connectivity index is 1.43. The lowest BCUT2D eigenvalue weighted by molar-refractivity contribution is -0.140. The number of pyridine rings is 1. The van der Waals surface area contributed by atoms with Crippen molar-refractivity contribution in [2.45, 2.75) is 64.1 Å². The van der Waals surface area contributed by atoms with Crippen LogP contribution in [0.25, 0.3) is 11.3 Å². The monoisotopic (exact) mass is 439 g/mol. The van der Waals surface area contributed by atoms with Crippen LogP contribution in [0.4, 0.5) is 4.39 Å². The Morgan fingerprint density at radius 1 is 1.16 bits per heavy atom. The Morgan fingerprint density at radius 3 is 2.59 bits per heavy atom. The van der Waals surface area contributed by atoms with Gasteiger partial charge in [0.2, 0.25) is 5.91 Å². The van der Waals surface area contributed by atoms with Gasteiger partial charge in [-0.15, -0.1) is 0 Å². The van der Waals surface area contributed by atoms with Crippen LogP contribution >= 0.6 is 0 Å². The smallest absolute Gasteiger partial charge is 0.223 e. The maximum absolute atomic E-state index is 13.6. The molecule has 2 fully saturated rings. The minimum absolute atomic E-state index is 0.0293. The van der Waals surface area contributed by atoms with E-state index in [-0.39, 0.29) is 28.9 Å². The molecule has 1 amide bonds. The third kappa shape index (κ3) is 5.54. The summed E-state index contributed by atoms with van der Waals surface area (Å²) in [6.45, 7) is 10.5. The number of carbonyl (C=O) groups is 1. The van der Waals surface area contributed by atoms with Crippen molar-refractivity contribution >= 4 is 5.91 Å². The number of hydrogen-bond donors (Lipinski definition) is 1. The number of halogens is 1. The summed E-state index contributed by atoms with van der Waals surface area (Å²) in [5.41, 5.74) is 2.26. The molecule has 2 aliphatic rings. The summed E-state index contributed by atoms with van der Waals surface area (Å²) in [6.07, 6.45) is 2.28. The molecule has 1 N–H and O–H groups in total. The summed E-state index contributed by atoms with van der Waals surface area (Å²) in [7, 11) is 0. The number of piperidine rings is 1. The summed E-state index contributed by atoms with van der Waals surface area (Å²) >= 11 is 0. The lowest BCUT2D eigenvalue weighted by atomic mass is 9.74. The molecular formula is C26H34FN3O2. The quantitative estimate of drug-likeness (QED) is 0.748. The van der Waals surface area contributed by atoms with Crippen LogP contribution in [0.3, 0.4) is 0 Å². The second-order valence-electron chi connectivity index (χ2n) is 10.5. The Hall–Kier alpha value is -2.31. The van der Waals surface area contributed by atoms with Gasteiger partial charge in [0, 0.05) is 29.6 Å². The first kappa shape index (κ1) is 22.9. The summed E-state index contributed by atoms with van der Waals surface area (Å²) in [6, 6.07) is 12.1. The molecule has 0 spiro atoms. The fraction of sp³-hybridized carbons (Fsp3) is 0.538. The van der Waals surface area contributed by atoms with Crippen LogP contribution in [0.5, 0.6) is 0 Å². The predicted molar refractivity (Wildman–Crippen MR) is 124 cm³/mol. The van der Waals surface area contributed by atoms with Crippen molar-refractivity contribution in [2.75, 3.05) is 19.7 Å². The Kier molecular flexibility index (Phi) is 6.37. The molecule has 2 saturated heterocycles. The minimum atomic E-state index is -0.287. The highest BCUT2D eigenvalue weighted by Crippen LogP contribution is 2.35. The largest absolute Gasteiger partial charge is 0.368 e. The summed E-state index contributed by atoms with van der Waals surface area (Å²) in [4.78, 5) is 19.8. The third-order valence-electron chi connectivity index (χ3n) is 6.38. The number of carbonyl (C=O) groups excluding carboxylic acids is 1. The predicted octanol–water partition coefficient (Wildman–Crippen LogP) is 4.73. The summed E-state index contributed by atoms with van der Waals surface area (Å²) < 4.78 is 19.6. The van der Waals surface area contributed by atoms with E-state index in [1.807, 2.05) is 29.2 Å². The molecule has 0 unspecified atom stereocenters. The highest BCUT2D eigenvalue weighted by Gasteiger charge is 2.39. The lowest BCUT2D eigenvalue weighted by Gasteiger charge is -2.47. The number of aromatic nitrogens is 1. The van der Waals surface area contributed by atoms with E-state index in [1.165, 1.54) is 12.1 Å². The van der Waals surface area contributed by atoms with Crippen molar-refractivity contribution in [2.24, 2.45) is 5.92 Å². The molecule has 1 aromatic heterocycles. The fourth-order valence-electron chi connectivity index (χ4n) is 5.55. The highest BCUT2D eigenvalue weighted by molar-refractivity contribution is 5.76. The van der Waals surface area contributed by atoms with Gasteiger partial charge >= 0.3 is 0 Å². The molecule has 32 heavy (non-hydrogen) atoms. The number of amides is 1. The number of nitrogens with one attached hydrogen (secondary N) is 1. The molecule has 6 heteroatoms. The second-order valence-corrected chi connectivity index (χ2v) is 10.5. The number of ether oxygens (including phenoxy) is 1. The van der Waals surface area contributed by atoms with Gasteiger partial charge in [0.05, 0.1) is 24.5 Å². The molecular weight excluding hydrogens is 405 g/mol. The van der Waals surface area contributed by atoms with Crippen LogP contribution in [-0.4, -0.2) is 46.6 Å². The van der Waals surface area contributed by atoms with Crippen LogP contribution < -0.4 is 5.32 Å². The fourth-order valence-corrected chi connectivity index (χ4v) is 5.55. The Labute approximate surface area is 190 Å². The topological polar surface area (TPSA) is 54.5 Å². The van der Waals surface area contributed by atoms with Crippen LogP contribution in [-0.2, 0) is 9.53 Å². The number of morpholine rings is 1. The lowest BCUT2D eigenvalue weighted by Crippen LogP contribution is -2.58. The van der Waals surface area contributed by atoms with Crippen molar-refractivity contribution in [1.82, 2.24) is 15.2 Å². The number of nitrogens with zero attached hydrogens (tertiary/aromatic N) is 2. The number of benzene rings is 1. The Bertz CT molecular complexity index is 959. The molecule has 1 atom stereocenters. The van der Waals surface area contributed by atoms with E-state index in [0.29, 0.717) is 37.7 Å². The van der Waals surface area contributed by atoms with Gasteiger partial charge in [-0.05, 0) is 70.7 Å². The number of rotatable bonds is 4. The number of hydrogen-bond acceptors (Lipinski definition) is 4. The van der Waals surface area contributed by atoms with Gasteiger partial charge in [-0.2, -0.15) is 0 Å². The highest BCUT2D eigenvalue weighted by atomic mass is 19.1. The maximum atomic E-state index is 13.6. The summed E-state index contributed by atoms with van der Waals surface area (Å²) in [5, 5.41) is 3.69. The molecule has 3 heterocycles. The molecule has 0 bridgehead atoms. The van der Waals surface area contributed by atoms with E-state index in [9.17, 15) is 9.18 Å². The SMILES string of the molecule is CC1(C)CC(CC(=O)N2CCO[C@@H](c3cccc(-c4cccc(F)c4)n3)C2)CC(C)(C)N1. The minimum Gasteiger partial charge on any atom is -0.368 e. The van der Waals surface area contributed by atoms with E-state index in [4.69, 9.17) is 9.72 Å². The van der Waals surface area contributed by atoms with Gasteiger partial charge in [-0.3, -0.25) is 4.79 Å². The first-order valence-electron chi connectivity index (χ1n) is 11.5. The van der Waals surface area contributed by atoms with Gasteiger partial charge in [-0.1, -0.05) is 18.2 Å². The second kappa shape index (κ2) is 8.91. The van der Waals surface area contributed by atoms with Crippen molar-refractivity contribution in [3.05, 3.63) is 54.0 Å². The van der Waals surface area contributed by atoms with Crippen molar-refractivity contribution in [1.29, 1.82) is 0 Å². The molecule has 172 valence electrons. The zero-order chi connectivity index (χ0) is 22.9. The first-order chi connectivity index (χ1) is 15.1. The van der Waals surface area contributed by atoms with E-state index >= 15 is 0 Å². The van der Waals surface area contributed by atoms with Gasteiger partial charge < -0.3 is 15.0 Å². The zero-order valence-corrected chi connectivity index (χ0v) is 19.5. The van der Waals surface area contributed by atoms with Crippen LogP contribution in [0.2, 0.25) is 0 Å². The zero-order valence-electron chi connectivity index (χ0n) is 19.5. The van der Waals surface area contributed by atoms with Crippen LogP contribution in [0.15, 0.2) is 42.5 Å². The van der Waals surface area contributed by atoms with E-state index in [0.717, 1.165) is 24.1 Å². The average molecular weight is 440 g/mol. The molecule has 5 nitrogen and oxygen atoms in total. The van der Waals surface area contributed by atoms with Gasteiger partial charge in [-0.25, -0.2) is 9.37 Å². The van der Waals surface area contributed by atoms with Crippen molar-refractivity contribution < 1.29 is 13.9 Å². The van der Waals surface area contributed by atoms with Gasteiger partial charge in [0.1, 0.15) is 11.9 Å². The van der Waals surface area contributed by atoms with Crippen molar-refractivity contribution in [3.63, 3.8) is 0 Å². The van der Waals surface area contributed by atoms with E-state index in [1.54, 1.807) is 6.07 Å². The Morgan fingerprint density at radius 2 is 1.88 bits per heavy atom. The average Bonchev–Trinajstić information content (AvgIpc) is 2.71. The molecule has 0 saturated carbocycles. The first-order valence-corrected chi connectivity index (χ1v) is 11.5. The molecule has 0 radical (unpaired) electrons. The third-order valence-corrected chi connectivity index (χ3v) is 6.38. The van der Waals surface area contributed by atoms with E-state index in [2.05, 4.69) is 33.0 Å². The van der Waals surface area contributed by atoms with Gasteiger partial charge in [0.25, 0.3) is 0 Å². The molecule has 2 aliphatic heterocycles. The van der Waals surface area contributed by atoms with Gasteiger partial charge in [0.15, 0.2) is 0 Å². The molecule has 0 aliphatic carbocycles.